The minimum absolute atomic E-state index is 0.645. The highest BCUT2D eigenvalue weighted by Gasteiger charge is 2.02. The molecule has 0 aliphatic heterocycles. The molecule has 1 aromatic heterocycles. The van der Waals surface area contributed by atoms with Crippen LogP contribution >= 0.6 is 34.2 Å². The number of benzene rings is 1. The van der Waals surface area contributed by atoms with E-state index in [0.717, 1.165) is 25.8 Å². The molecular formula is C12H11ClINO. The summed E-state index contributed by atoms with van der Waals surface area (Å²) in [6.07, 6.45) is 0. The van der Waals surface area contributed by atoms with Crippen molar-refractivity contribution in [1.82, 2.24) is 0 Å². The highest BCUT2D eigenvalue weighted by atomic mass is 127. The fraction of sp³-hybridized carbons (Fsp3) is 0.167. The van der Waals surface area contributed by atoms with E-state index >= 15 is 0 Å². The van der Waals surface area contributed by atoms with E-state index in [1.165, 1.54) is 0 Å². The molecule has 1 aromatic carbocycles. The highest BCUT2D eigenvalue weighted by Crippen LogP contribution is 2.23. The van der Waals surface area contributed by atoms with Crippen LogP contribution in [0.3, 0.4) is 0 Å². The molecule has 0 aliphatic rings. The Morgan fingerprint density at radius 2 is 2.12 bits per heavy atom. The van der Waals surface area contributed by atoms with Gasteiger partial charge in [0.15, 0.2) is 3.77 Å². The average Bonchev–Trinajstić information content (AvgIpc) is 2.63. The van der Waals surface area contributed by atoms with Crippen LogP contribution in [0.15, 0.2) is 34.7 Å². The van der Waals surface area contributed by atoms with Gasteiger partial charge in [0, 0.05) is 0 Å². The molecule has 2 aromatic rings. The normalized spacial score (nSPS) is 10.4. The molecule has 0 fully saturated rings. The zero-order chi connectivity index (χ0) is 11.5. The van der Waals surface area contributed by atoms with Gasteiger partial charge in [-0.2, -0.15) is 0 Å². The van der Waals surface area contributed by atoms with E-state index in [1.807, 2.05) is 37.3 Å². The molecule has 2 rings (SSSR count). The lowest BCUT2D eigenvalue weighted by Crippen LogP contribution is -1.98. The van der Waals surface area contributed by atoms with Crippen molar-refractivity contribution in [1.29, 1.82) is 0 Å². The van der Waals surface area contributed by atoms with Crippen molar-refractivity contribution in [3.05, 3.63) is 50.4 Å². The molecule has 84 valence electrons. The molecule has 4 heteroatoms. The van der Waals surface area contributed by atoms with Crippen LogP contribution < -0.4 is 5.32 Å². The molecule has 1 heterocycles. The summed E-state index contributed by atoms with van der Waals surface area (Å²) in [5, 5.41) is 3.98. The Labute approximate surface area is 113 Å². The van der Waals surface area contributed by atoms with E-state index in [9.17, 15) is 0 Å². The van der Waals surface area contributed by atoms with Gasteiger partial charge in [-0.25, -0.2) is 0 Å². The molecule has 0 unspecified atom stereocenters. The SMILES string of the molecule is Cc1ccc(NCc2ccc(I)o2)c(Cl)c1. The summed E-state index contributed by atoms with van der Waals surface area (Å²) in [7, 11) is 0. The Bertz CT molecular complexity index is 496. The fourth-order valence-corrected chi connectivity index (χ4v) is 2.16. The van der Waals surface area contributed by atoms with Gasteiger partial charge in [0.05, 0.1) is 17.3 Å². The first-order valence-electron chi connectivity index (χ1n) is 4.89. The molecule has 0 aliphatic carbocycles. The Kier molecular flexibility index (Phi) is 3.76. The predicted molar refractivity (Wildman–Crippen MR) is 74.9 cm³/mol. The maximum Gasteiger partial charge on any atom is 0.164 e. The maximum atomic E-state index is 6.11. The Morgan fingerprint density at radius 1 is 1.31 bits per heavy atom. The summed E-state index contributed by atoms with van der Waals surface area (Å²) in [5.74, 6) is 0.904. The van der Waals surface area contributed by atoms with E-state index in [0.29, 0.717) is 6.54 Å². The fourth-order valence-electron chi connectivity index (χ4n) is 1.39. The highest BCUT2D eigenvalue weighted by molar-refractivity contribution is 14.1. The maximum absolute atomic E-state index is 6.11. The van der Waals surface area contributed by atoms with Gasteiger partial charge in [0.1, 0.15) is 5.76 Å². The largest absolute Gasteiger partial charge is 0.454 e. The van der Waals surface area contributed by atoms with Crippen molar-refractivity contribution in [2.75, 3.05) is 5.32 Å². The van der Waals surface area contributed by atoms with E-state index < -0.39 is 0 Å². The lowest BCUT2D eigenvalue weighted by Gasteiger charge is -2.07. The third-order valence-electron chi connectivity index (χ3n) is 2.21. The smallest absolute Gasteiger partial charge is 0.164 e. The van der Waals surface area contributed by atoms with Crippen LogP contribution in [0.4, 0.5) is 5.69 Å². The van der Waals surface area contributed by atoms with Crippen molar-refractivity contribution in [2.24, 2.45) is 0 Å². The number of hydrogen-bond acceptors (Lipinski definition) is 2. The van der Waals surface area contributed by atoms with Gasteiger partial charge >= 0.3 is 0 Å². The van der Waals surface area contributed by atoms with Gasteiger partial charge < -0.3 is 9.73 Å². The third kappa shape index (κ3) is 2.92. The van der Waals surface area contributed by atoms with Gasteiger partial charge in [0.25, 0.3) is 0 Å². The first-order valence-corrected chi connectivity index (χ1v) is 6.35. The summed E-state index contributed by atoms with van der Waals surface area (Å²) < 4.78 is 6.34. The molecule has 0 saturated carbocycles. The molecule has 0 radical (unpaired) electrons. The Morgan fingerprint density at radius 3 is 2.75 bits per heavy atom. The van der Waals surface area contributed by atoms with Gasteiger partial charge in [-0.3, -0.25) is 0 Å². The van der Waals surface area contributed by atoms with Crippen LogP contribution in [0.2, 0.25) is 5.02 Å². The number of rotatable bonds is 3. The van der Waals surface area contributed by atoms with Crippen LogP contribution in [0, 0.1) is 10.7 Å². The van der Waals surface area contributed by atoms with Gasteiger partial charge in [0.2, 0.25) is 0 Å². The molecule has 0 atom stereocenters. The lowest BCUT2D eigenvalue weighted by molar-refractivity contribution is 0.493. The monoisotopic (exact) mass is 347 g/mol. The molecule has 1 N–H and O–H groups in total. The second-order valence-corrected chi connectivity index (χ2v) is 5.01. The number of halogens is 2. The third-order valence-corrected chi connectivity index (χ3v) is 3.10. The minimum Gasteiger partial charge on any atom is -0.454 e. The minimum atomic E-state index is 0.645. The zero-order valence-corrected chi connectivity index (χ0v) is 11.7. The van der Waals surface area contributed by atoms with Gasteiger partial charge in [-0.1, -0.05) is 17.7 Å². The average molecular weight is 348 g/mol. The van der Waals surface area contributed by atoms with Crippen molar-refractivity contribution < 1.29 is 4.42 Å². The number of anilines is 1. The molecule has 0 saturated heterocycles. The molecule has 0 bridgehead atoms. The second-order valence-electron chi connectivity index (χ2n) is 3.54. The van der Waals surface area contributed by atoms with Crippen LogP contribution in [-0.4, -0.2) is 0 Å². The van der Waals surface area contributed by atoms with Crippen LogP contribution in [0.25, 0.3) is 0 Å². The first-order chi connectivity index (χ1) is 7.65. The van der Waals surface area contributed by atoms with Crippen LogP contribution in [-0.2, 0) is 6.54 Å². The molecule has 2 nitrogen and oxygen atoms in total. The van der Waals surface area contributed by atoms with Crippen LogP contribution in [0.1, 0.15) is 11.3 Å². The first kappa shape index (κ1) is 11.8. The number of nitrogens with one attached hydrogen (secondary N) is 1. The quantitative estimate of drug-likeness (QED) is 0.829. The van der Waals surface area contributed by atoms with Gasteiger partial charge in [-0.15, -0.1) is 0 Å². The Hall–Kier alpha value is -0.680. The number of aryl methyl sites for hydroxylation is 1. The number of furan rings is 1. The molecule has 0 amide bonds. The van der Waals surface area contributed by atoms with E-state index in [-0.39, 0.29) is 0 Å². The summed E-state index contributed by atoms with van der Waals surface area (Å²) in [4.78, 5) is 0. The number of hydrogen-bond donors (Lipinski definition) is 1. The van der Waals surface area contributed by atoms with Gasteiger partial charge in [-0.05, 0) is 59.3 Å². The molecular weight excluding hydrogens is 336 g/mol. The zero-order valence-electron chi connectivity index (χ0n) is 8.76. The second kappa shape index (κ2) is 5.10. The summed E-state index contributed by atoms with van der Waals surface area (Å²) in [6.45, 7) is 2.66. The molecule has 16 heavy (non-hydrogen) atoms. The van der Waals surface area contributed by atoms with Crippen molar-refractivity contribution >= 4 is 39.9 Å². The van der Waals surface area contributed by atoms with Crippen molar-refractivity contribution in [2.45, 2.75) is 13.5 Å². The van der Waals surface area contributed by atoms with E-state index in [2.05, 4.69) is 27.9 Å². The van der Waals surface area contributed by atoms with E-state index in [1.54, 1.807) is 0 Å². The topological polar surface area (TPSA) is 25.2 Å². The Balaban J connectivity index is 2.04. The molecule has 0 spiro atoms. The van der Waals surface area contributed by atoms with Crippen molar-refractivity contribution in [3.63, 3.8) is 0 Å². The standard InChI is InChI=1S/C12H11ClINO/c1-8-2-4-11(10(13)6-8)15-7-9-3-5-12(14)16-9/h2-6,15H,7H2,1H3. The predicted octanol–water partition coefficient (Wildman–Crippen LogP) is 4.46. The van der Waals surface area contributed by atoms with E-state index in [4.69, 9.17) is 16.0 Å². The summed E-state index contributed by atoms with van der Waals surface area (Å²) >= 11 is 8.25. The van der Waals surface area contributed by atoms with Crippen molar-refractivity contribution in [3.8, 4) is 0 Å². The lowest BCUT2D eigenvalue weighted by atomic mass is 10.2. The summed E-state index contributed by atoms with van der Waals surface area (Å²) in [5.41, 5.74) is 2.08. The summed E-state index contributed by atoms with van der Waals surface area (Å²) in [6, 6.07) is 9.84. The van der Waals surface area contributed by atoms with Crippen LogP contribution in [0.5, 0.6) is 0 Å².